The molecule has 6 aromatic rings. The summed E-state index contributed by atoms with van der Waals surface area (Å²) < 4.78 is 13.9. The van der Waals surface area contributed by atoms with Crippen LogP contribution >= 0.6 is 11.1 Å². The van der Waals surface area contributed by atoms with Crippen LogP contribution in [-0.2, 0) is 9.47 Å². The predicted octanol–water partition coefficient (Wildman–Crippen LogP) is 1.74. The average molecular weight is 966 g/mol. The van der Waals surface area contributed by atoms with E-state index in [0.717, 1.165) is 0 Å². The maximum absolute atomic E-state index is 12.1. The molecule has 2 aromatic carbocycles. The number of fused-ring (bicyclic) bond motifs is 2. The van der Waals surface area contributed by atoms with E-state index in [9.17, 15) is 35.1 Å². The standard InChI is InChI=1S/C16H19ClSi.C14H20N6O4.C13H18N6O5.CH4/c1-16(2,3)18(17,14-10-6-4-7-11-14)15-12-8-5-9-13-15;1-4-7-9(21)10(22)13(24-7)20-6-15-8-11(20)17-14(18-12(8)23)16-5-19(2)3;1-18(2)4-15-13-16-10-7(11(23)17-13)14-5-19(10)12-9(22)8(21)6(3-20)24-12;/h4-13H,1-3H3;5-7,9-10,13,21-22H,4H2,1-3H3,(H,17,18,23);4-6,8-9,12,20-22H,3H2,1-2H3,(H,16,17,23);1H4/t;7-,9-,10-,13-;6-,8-,9-,12-;/m.11./s1. The van der Waals surface area contributed by atoms with Crippen molar-refractivity contribution in [3.63, 3.8) is 0 Å². The van der Waals surface area contributed by atoms with Gasteiger partial charge in [0.1, 0.15) is 30.5 Å². The number of aliphatic imine (C=N–C) groups is 2. The Balaban J connectivity index is 0.000000189. The number of ether oxygens (including phenoxy) is 2. The van der Waals surface area contributed by atoms with Crippen LogP contribution in [0.2, 0.25) is 5.04 Å². The number of halogens is 1. The first-order valence-electron chi connectivity index (χ1n) is 21.1. The van der Waals surface area contributed by atoms with Crippen molar-refractivity contribution >= 4 is 75.7 Å². The maximum Gasteiger partial charge on any atom is 0.280 e. The summed E-state index contributed by atoms with van der Waals surface area (Å²) in [6.45, 7) is 8.13. The van der Waals surface area contributed by atoms with E-state index >= 15 is 0 Å². The van der Waals surface area contributed by atoms with Gasteiger partial charge in [0.05, 0.1) is 38.0 Å². The van der Waals surface area contributed by atoms with Crippen molar-refractivity contribution in [3.8, 4) is 0 Å². The number of aromatic amines is 2. The highest BCUT2D eigenvalue weighted by molar-refractivity contribution is 7.35. The number of hydrogen-bond donors (Lipinski definition) is 7. The summed E-state index contributed by atoms with van der Waals surface area (Å²) >= 11 is 7.21. The molecule has 2 saturated heterocycles. The van der Waals surface area contributed by atoms with Gasteiger partial charge in [0.25, 0.3) is 11.1 Å². The van der Waals surface area contributed by atoms with E-state index in [0.29, 0.717) is 6.42 Å². The minimum Gasteiger partial charge on any atom is -0.394 e. The lowest BCUT2D eigenvalue weighted by molar-refractivity contribution is -0.0511. The third-order valence-corrected chi connectivity index (χ3v) is 18.2. The van der Waals surface area contributed by atoms with Crippen molar-refractivity contribution in [2.75, 3.05) is 34.8 Å². The molecule has 21 nitrogen and oxygen atoms in total. The Morgan fingerprint density at radius 2 is 1.10 bits per heavy atom. The van der Waals surface area contributed by atoms with Gasteiger partial charge in [0.15, 0.2) is 34.8 Å². The van der Waals surface area contributed by atoms with E-state index in [1.165, 1.54) is 44.8 Å². The third kappa shape index (κ3) is 11.2. The van der Waals surface area contributed by atoms with Gasteiger partial charge in [0.2, 0.25) is 19.3 Å². The minimum atomic E-state index is -2.23. The molecule has 0 amide bonds. The van der Waals surface area contributed by atoms with Crippen LogP contribution in [0.3, 0.4) is 0 Å². The van der Waals surface area contributed by atoms with E-state index in [4.69, 9.17) is 20.6 Å². The second-order valence-corrected chi connectivity index (χ2v) is 22.8. The van der Waals surface area contributed by atoms with Gasteiger partial charge in [-0.2, -0.15) is 21.0 Å². The molecule has 6 heterocycles. The summed E-state index contributed by atoms with van der Waals surface area (Å²) in [4.78, 5) is 57.2. The van der Waals surface area contributed by atoms with Crippen LogP contribution in [0.5, 0.6) is 0 Å². The topological polar surface area (TPSA) is 278 Å². The van der Waals surface area contributed by atoms with Gasteiger partial charge in [-0.3, -0.25) is 28.7 Å². The Hall–Kier alpha value is -5.69. The smallest absolute Gasteiger partial charge is 0.280 e. The molecule has 23 heteroatoms. The highest BCUT2D eigenvalue weighted by Crippen LogP contribution is 2.38. The van der Waals surface area contributed by atoms with Crippen molar-refractivity contribution in [2.45, 2.75) is 95.7 Å². The summed E-state index contributed by atoms with van der Waals surface area (Å²) in [5.74, 6) is 0.178. The molecule has 2 aliphatic rings. The van der Waals surface area contributed by atoms with Crippen LogP contribution in [0.1, 0.15) is 54.0 Å². The van der Waals surface area contributed by atoms with Crippen molar-refractivity contribution < 1.29 is 35.0 Å². The zero-order valence-corrected chi connectivity index (χ0v) is 39.6. The predicted molar refractivity (Wildman–Crippen MR) is 259 cm³/mol. The molecule has 2 fully saturated rings. The highest BCUT2D eigenvalue weighted by atomic mass is 35.6. The Morgan fingerprint density at radius 3 is 1.43 bits per heavy atom. The van der Waals surface area contributed by atoms with Gasteiger partial charge < -0.3 is 44.8 Å². The van der Waals surface area contributed by atoms with Crippen LogP contribution in [0.4, 0.5) is 11.9 Å². The molecular weight excluding hydrogens is 904 g/mol. The van der Waals surface area contributed by atoms with Crippen LogP contribution < -0.4 is 21.5 Å². The zero-order chi connectivity index (χ0) is 48.1. The number of H-pyrrole nitrogens is 2. The molecule has 4 aromatic heterocycles. The fraction of sp³-hybridized carbons (Fsp3) is 0.455. The Kier molecular flexibility index (Phi) is 17.1. The van der Waals surface area contributed by atoms with Crippen molar-refractivity contribution in [3.05, 3.63) is 94.0 Å². The van der Waals surface area contributed by atoms with Crippen LogP contribution in [0, 0.1) is 0 Å². The largest absolute Gasteiger partial charge is 0.394 e. The first-order valence-corrected chi connectivity index (χ1v) is 24.1. The molecule has 362 valence electrons. The molecule has 0 unspecified atom stereocenters. The molecule has 0 saturated carbocycles. The van der Waals surface area contributed by atoms with Crippen LogP contribution in [0.15, 0.2) is 92.9 Å². The normalized spacial score (nSPS) is 23.0. The molecule has 0 spiro atoms. The summed E-state index contributed by atoms with van der Waals surface area (Å²) in [7, 11) is 4.89. The van der Waals surface area contributed by atoms with Crippen molar-refractivity contribution in [1.29, 1.82) is 0 Å². The molecule has 0 radical (unpaired) electrons. The molecule has 0 aliphatic carbocycles. The number of rotatable bonds is 10. The fourth-order valence-electron chi connectivity index (χ4n) is 7.44. The lowest BCUT2D eigenvalue weighted by atomic mass is 10.1. The van der Waals surface area contributed by atoms with E-state index in [1.807, 2.05) is 19.1 Å². The number of aliphatic hydroxyl groups excluding tert-OH is 5. The summed E-state index contributed by atoms with van der Waals surface area (Å²) in [5.41, 5.74) is -0.376. The number of nitrogens with one attached hydrogen (secondary N) is 2. The third-order valence-electron chi connectivity index (χ3n) is 10.8. The number of imidazole rings is 2. The molecule has 67 heavy (non-hydrogen) atoms. The van der Waals surface area contributed by atoms with Crippen LogP contribution in [-0.4, -0.2) is 166 Å². The minimum absolute atomic E-state index is 0. The van der Waals surface area contributed by atoms with Crippen molar-refractivity contribution in [1.82, 2.24) is 48.8 Å². The molecule has 8 atom stereocenters. The van der Waals surface area contributed by atoms with E-state index in [1.54, 1.807) is 38.0 Å². The van der Waals surface area contributed by atoms with Gasteiger partial charge in [-0.1, -0.05) is 95.8 Å². The second kappa shape index (κ2) is 21.9. The zero-order valence-electron chi connectivity index (χ0n) is 37.8. The first-order chi connectivity index (χ1) is 31.3. The van der Waals surface area contributed by atoms with E-state index in [-0.39, 0.29) is 46.7 Å². The molecule has 8 rings (SSSR count). The summed E-state index contributed by atoms with van der Waals surface area (Å²) in [6, 6.07) is 21.1. The Morgan fingerprint density at radius 1 is 0.716 bits per heavy atom. The molecule has 7 N–H and O–H groups in total. The lowest BCUT2D eigenvalue weighted by Crippen LogP contribution is -2.59. The number of hydrogen-bond acceptors (Lipinski definition) is 15. The second-order valence-electron chi connectivity index (χ2n) is 17.2. The lowest BCUT2D eigenvalue weighted by Gasteiger charge is -2.38. The number of nitrogens with zero attached hydrogens (tertiary/aromatic N) is 10. The van der Waals surface area contributed by atoms with E-state index in [2.05, 4.69) is 109 Å². The Bertz CT molecular complexity index is 2550. The van der Waals surface area contributed by atoms with E-state index < -0.39 is 74.2 Å². The van der Waals surface area contributed by atoms with Gasteiger partial charge in [-0.25, -0.2) is 20.0 Å². The maximum atomic E-state index is 12.1. The highest BCUT2D eigenvalue weighted by Gasteiger charge is 2.47. The number of benzene rings is 2. The quantitative estimate of drug-likeness (QED) is 0.0446. The molecule has 0 bridgehead atoms. The first kappa shape index (κ1) is 52.3. The number of aromatic nitrogens is 8. The monoisotopic (exact) mass is 964 g/mol. The number of aliphatic hydroxyl groups is 5. The van der Waals surface area contributed by atoms with Gasteiger partial charge >= 0.3 is 0 Å². The summed E-state index contributed by atoms with van der Waals surface area (Å²) in [6.07, 6.45) is -1.85. The van der Waals surface area contributed by atoms with Crippen LogP contribution in [0.25, 0.3) is 22.3 Å². The average Bonchev–Trinajstić information content (AvgIpc) is 4.06. The van der Waals surface area contributed by atoms with Gasteiger partial charge in [0, 0.05) is 28.2 Å². The van der Waals surface area contributed by atoms with Crippen molar-refractivity contribution in [2.24, 2.45) is 9.98 Å². The molecule has 2 aliphatic heterocycles. The van der Waals surface area contributed by atoms with Gasteiger partial charge in [-0.15, -0.1) is 0 Å². The Labute approximate surface area is 392 Å². The fourth-order valence-corrected chi connectivity index (χ4v) is 11.6. The van der Waals surface area contributed by atoms with Gasteiger partial charge in [-0.05, 0) is 21.8 Å². The molecular formula is C44H61ClN12O9Si. The SMILES string of the molecule is C.CC(C)(C)[Si](Cl)(c1ccccc1)c1ccccc1.CC[C@H]1O[C@@H](n2cnc3c(=O)[nH]c(N=CN(C)C)nc32)[C@H](O)[C@@H]1O.CN(C)C=Nc1nc2c(ncn2[C@@H]2O[C@H](CO)[C@@H](O)[C@H]2O)c(=O)[nH]1. The summed E-state index contributed by atoms with van der Waals surface area (Å²) in [5, 5.41) is 52.1.